The molecule has 0 saturated heterocycles. The number of benzene rings is 1. The van der Waals surface area contributed by atoms with Gasteiger partial charge in [0.15, 0.2) is 0 Å². The lowest BCUT2D eigenvalue weighted by molar-refractivity contribution is -0.142. The monoisotopic (exact) mass is 288 g/mol. The second-order valence-corrected chi connectivity index (χ2v) is 5.92. The molecule has 1 aromatic carbocycles. The molecule has 1 fully saturated rings. The first-order chi connectivity index (χ1) is 10.1. The molecule has 2 amide bonds. The first-order valence-electron chi connectivity index (χ1n) is 7.49. The summed E-state index contributed by atoms with van der Waals surface area (Å²) in [4.78, 5) is 25.2. The van der Waals surface area contributed by atoms with E-state index in [9.17, 15) is 14.7 Å². The van der Waals surface area contributed by atoms with Crippen molar-refractivity contribution >= 4 is 12.0 Å². The topological polar surface area (TPSA) is 69.6 Å². The third kappa shape index (κ3) is 3.17. The maximum atomic E-state index is 12.3. The number of aliphatic carboxylic acids is 1. The van der Waals surface area contributed by atoms with Crippen LogP contribution < -0.4 is 5.32 Å². The number of rotatable bonds is 4. The predicted molar refractivity (Wildman–Crippen MR) is 77.9 cm³/mol. The summed E-state index contributed by atoms with van der Waals surface area (Å²) in [6, 6.07) is 6.68. The fourth-order valence-electron chi connectivity index (χ4n) is 2.85. The maximum Gasteiger partial charge on any atom is 0.326 e. The zero-order valence-electron chi connectivity index (χ0n) is 11.9. The Labute approximate surface area is 123 Å². The van der Waals surface area contributed by atoms with E-state index in [0.29, 0.717) is 19.5 Å². The van der Waals surface area contributed by atoms with Crippen molar-refractivity contribution in [3.63, 3.8) is 0 Å². The molecule has 5 heteroatoms. The van der Waals surface area contributed by atoms with Gasteiger partial charge in [0.2, 0.25) is 0 Å². The number of carbonyl (C=O) groups excluding carboxylic acids is 1. The lowest BCUT2D eigenvalue weighted by Crippen LogP contribution is -2.52. The third-order valence-electron chi connectivity index (χ3n) is 4.32. The van der Waals surface area contributed by atoms with Crippen LogP contribution in [-0.2, 0) is 17.8 Å². The molecule has 1 atom stereocenters. The number of urea groups is 1. The van der Waals surface area contributed by atoms with Gasteiger partial charge in [-0.05, 0) is 23.5 Å². The van der Waals surface area contributed by atoms with E-state index in [4.69, 9.17) is 0 Å². The summed E-state index contributed by atoms with van der Waals surface area (Å²) in [7, 11) is 0. The molecule has 1 heterocycles. The SMILES string of the molecule is O=C(O)C1Cc2ccccc2CN1C(=O)NCCC1CC1. The molecule has 1 aliphatic heterocycles. The lowest BCUT2D eigenvalue weighted by Gasteiger charge is -2.34. The van der Waals surface area contributed by atoms with Gasteiger partial charge in [-0.2, -0.15) is 0 Å². The molecule has 5 nitrogen and oxygen atoms in total. The van der Waals surface area contributed by atoms with Gasteiger partial charge >= 0.3 is 12.0 Å². The zero-order valence-corrected chi connectivity index (χ0v) is 11.9. The molecule has 2 aliphatic rings. The predicted octanol–water partition coefficient (Wildman–Crippen LogP) is 2.01. The molecule has 0 radical (unpaired) electrons. The summed E-state index contributed by atoms with van der Waals surface area (Å²) < 4.78 is 0. The van der Waals surface area contributed by atoms with Crippen LogP contribution in [0.25, 0.3) is 0 Å². The van der Waals surface area contributed by atoms with Crippen molar-refractivity contribution in [2.75, 3.05) is 6.54 Å². The summed E-state index contributed by atoms with van der Waals surface area (Å²) in [6.07, 6.45) is 3.88. The van der Waals surface area contributed by atoms with Crippen LogP contribution in [0.1, 0.15) is 30.4 Å². The van der Waals surface area contributed by atoms with E-state index < -0.39 is 12.0 Å². The minimum atomic E-state index is -0.943. The normalized spacial score (nSPS) is 20.8. The third-order valence-corrected chi connectivity index (χ3v) is 4.32. The van der Waals surface area contributed by atoms with E-state index in [-0.39, 0.29) is 6.03 Å². The summed E-state index contributed by atoms with van der Waals surface area (Å²) in [5.41, 5.74) is 2.05. The molecule has 21 heavy (non-hydrogen) atoms. The van der Waals surface area contributed by atoms with Crippen molar-refractivity contribution in [3.05, 3.63) is 35.4 Å². The van der Waals surface area contributed by atoms with Crippen LogP contribution in [0.2, 0.25) is 0 Å². The van der Waals surface area contributed by atoms with Crippen LogP contribution in [0.3, 0.4) is 0 Å². The van der Waals surface area contributed by atoms with Crippen LogP contribution in [-0.4, -0.2) is 34.6 Å². The molecule has 1 aliphatic carbocycles. The number of carboxylic acids is 1. The van der Waals surface area contributed by atoms with E-state index in [0.717, 1.165) is 23.5 Å². The van der Waals surface area contributed by atoms with Crippen molar-refractivity contribution in [3.8, 4) is 0 Å². The van der Waals surface area contributed by atoms with Gasteiger partial charge in [0.1, 0.15) is 6.04 Å². The summed E-state index contributed by atoms with van der Waals surface area (Å²) in [5, 5.41) is 12.2. The molecule has 112 valence electrons. The number of carbonyl (C=O) groups is 2. The first kappa shape index (κ1) is 13.9. The molecule has 1 aromatic rings. The Bertz CT molecular complexity index is 554. The number of nitrogens with one attached hydrogen (secondary N) is 1. The van der Waals surface area contributed by atoms with Crippen molar-refractivity contribution < 1.29 is 14.7 Å². The van der Waals surface area contributed by atoms with Crippen LogP contribution in [0.5, 0.6) is 0 Å². The van der Waals surface area contributed by atoms with Crippen molar-refractivity contribution in [1.82, 2.24) is 10.2 Å². The quantitative estimate of drug-likeness (QED) is 0.890. The van der Waals surface area contributed by atoms with Gasteiger partial charge < -0.3 is 15.3 Å². The second kappa shape index (κ2) is 5.76. The summed E-state index contributed by atoms with van der Waals surface area (Å²) in [6.45, 7) is 0.996. The average molecular weight is 288 g/mol. The average Bonchev–Trinajstić information content (AvgIpc) is 3.30. The highest BCUT2D eigenvalue weighted by molar-refractivity contribution is 5.83. The van der Waals surface area contributed by atoms with E-state index >= 15 is 0 Å². The molecule has 1 unspecified atom stereocenters. The van der Waals surface area contributed by atoms with Crippen LogP contribution in [0.15, 0.2) is 24.3 Å². The minimum absolute atomic E-state index is 0.266. The van der Waals surface area contributed by atoms with Crippen molar-refractivity contribution in [2.45, 2.75) is 38.3 Å². The van der Waals surface area contributed by atoms with Gasteiger partial charge in [-0.3, -0.25) is 0 Å². The van der Waals surface area contributed by atoms with Gasteiger partial charge in [0.25, 0.3) is 0 Å². The Balaban J connectivity index is 1.68. The Morgan fingerprint density at radius 3 is 2.62 bits per heavy atom. The van der Waals surface area contributed by atoms with E-state index in [2.05, 4.69) is 5.32 Å². The smallest absolute Gasteiger partial charge is 0.326 e. The Morgan fingerprint density at radius 1 is 1.24 bits per heavy atom. The highest BCUT2D eigenvalue weighted by Crippen LogP contribution is 2.31. The van der Waals surface area contributed by atoms with E-state index in [1.807, 2.05) is 24.3 Å². The molecular formula is C16H20N2O3. The fourth-order valence-corrected chi connectivity index (χ4v) is 2.85. The molecule has 0 aromatic heterocycles. The van der Waals surface area contributed by atoms with Crippen LogP contribution >= 0.6 is 0 Å². The van der Waals surface area contributed by atoms with Gasteiger partial charge in [0.05, 0.1) is 0 Å². The molecule has 3 rings (SSSR count). The van der Waals surface area contributed by atoms with Crippen LogP contribution in [0, 0.1) is 5.92 Å². The van der Waals surface area contributed by atoms with Gasteiger partial charge in [-0.1, -0.05) is 37.1 Å². The largest absolute Gasteiger partial charge is 0.480 e. The Kier molecular flexibility index (Phi) is 3.82. The molecule has 0 spiro atoms. The zero-order chi connectivity index (χ0) is 14.8. The van der Waals surface area contributed by atoms with Crippen LogP contribution in [0.4, 0.5) is 4.79 Å². The Hall–Kier alpha value is -2.04. The lowest BCUT2D eigenvalue weighted by atomic mass is 9.94. The summed E-state index contributed by atoms with van der Waals surface area (Å²) in [5.74, 6) is -0.190. The maximum absolute atomic E-state index is 12.3. The number of hydrogen-bond acceptors (Lipinski definition) is 2. The highest BCUT2D eigenvalue weighted by atomic mass is 16.4. The number of nitrogens with zero attached hydrogens (tertiary/aromatic N) is 1. The number of amides is 2. The highest BCUT2D eigenvalue weighted by Gasteiger charge is 2.34. The number of hydrogen-bond donors (Lipinski definition) is 2. The van der Waals surface area contributed by atoms with Gasteiger partial charge in [-0.15, -0.1) is 0 Å². The van der Waals surface area contributed by atoms with E-state index in [1.54, 1.807) is 0 Å². The van der Waals surface area contributed by atoms with Crippen molar-refractivity contribution in [2.24, 2.45) is 5.92 Å². The Morgan fingerprint density at radius 2 is 1.95 bits per heavy atom. The second-order valence-electron chi connectivity index (χ2n) is 5.92. The van der Waals surface area contributed by atoms with E-state index in [1.165, 1.54) is 17.7 Å². The van der Waals surface area contributed by atoms with Gasteiger partial charge in [-0.25, -0.2) is 9.59 Å². The molecule has 2 N–H and O–H groups in total. The minimum Gasteiger partial charge on any atom is -0.480 e. The van der Waals surface area contributed by atoms with Gasteiger partial charge in [0, 0.05) is 19.5 Å². The number of carboxylic acid groups (broad SMARTS) is 1. The first-order valence-corrected chi connectivity index (χ1v) is 7.49. The standard InChI is InChI=1S/C16H20N2O3/c19-15(20)14-9-12-3-1-2-4-13(12)10-18(14)16(21)17-8-7-11-5-6-11/h1-4,11,14H,5-10H2,(H,17,21)(H,19,20). The summed E-state index contributed by atoms with van der Waals surface area (Å²) >= 11 is 0. The molecular weight excluding hydrogens is 268 g/mol. The number of fused-ring (bicyclic) bond motifs is 1. The molecule has 0 bridgehead atoms. The molecule has 1 saturated carbocycles. The van der Waals surface area contributed by atoms with Crippen molar-refractivity contribution in [1.29, 1.82) is 0 Å². The fraction of sp³-hybridized carbons (Fsp3) is 0.500.